The molecule has 0 bridgehead atoms. The normalized spacial score (nSPS) is 13.6. The van der Waals surface area contributed by atoms with Crippen LogP contribution in [0.2, 0.25) is 0 Å². The van der Waals surface area contributed by atoms with Crippen LogP contribution >= 0.6 is 0 Å². The largest absolute Gasteiger partial charge is 0.495 e. The van der Waals surface area contributed by atoms with E-state index >= 15 is 0 Å². The molecule has 1 unspecified atom stereocenters. The van der Waals surface area contributed by atoms with E-state index in [0.29, 0.717) is 18.6 Å². The van der Waals surface area contributed by atoms with Crippen molar-refractivity contribution in [2.24, 2.45) is 24.4 Å². The molecule has 1 aromatic carbocycles. The molecule has 122 valence electrons. The Bertz CT molecular complexity index is 744. The Balaban J connectivity index is 2.17. The lowest BCUT2D eigenvalue weighted by Crippen LogP contribution is -2.24. The van der Waals surface area contributed by atoms with Gasteiger partial charge in [-0.15, -0.1) is 0 Å². The molecule has 0 saturated heterocycles. The fraction of sp³-hybridized carbons (Fsp3) is 0.278. The van der Waals surface area contributed by atoms with Crippen LogP contribution in [-0.2, 0) is 23.0 Å². The van der Waals surface area contributed by atoms with Crippen LogP contribution in [0.4, 0.5) is 0 Å². The van der Waals surface area contributed by atoms with Crippen molar-refractivity contribution >= 4 is 16.8 Å². The van der Waals surface area contributed by atoms with Crippen LogP contribution < -0.4 is 11.5 Å². The molecule has 23 heavy (non-hydrogen) atoms. The lowest BCUT2D eigenvalue weighted by atomic mass is 9.95. The van der Waals surface area contributed by atoms with Crippen molar-refractivity contribution in [3.8, 4) is 0 Å². The third-order valence-corrected chi connectivity index (χ3v) is 3.95. The van der Waals surface area contributed by atoms with Crippen LogP contribution in [0.1, 0.15) is 12.0 Å². The van der Waals surface area contributed by atoms with Gasteiger partial charge in [0.15, 0.2) is 0 Å². The minimum Gasteiger partial charge on any atom is -0.495 e. The van der Waals surface area contributed by atoms with Crippen molar-refractivity contribution in [3.63, 3.8) is 0 Å². The number of aryl methyl sites for hydroxylation is 1. The number of fused-ring (bicyclic) bond motifs is 1. The molecule has 0 saturated carbocycles. The Kier molecular flexibility index (Phi) is 5.46. The molecule has 4 N–H and O–H groups in total. The lowest BCUT2D eigenvalue weighted by molar-refractivity contribution is -0.121. The summed E-state index contributed by atoms with van der Waals surface area (Å²) in [7, 11) is 3.55. The topological polar surface area (TPSA) is 83.3 Å². The van der Waals surface area contributed by atoms with Gasteiger partial charge in [0, 0.05) is 36.3 Å². The fourth-order valence-corrected chi connectivity index (χ4v) is 2.69. The minimum atomic E-state index is -0.307. The van der Waals surface area contributed by atoms with Gasteiger partial charge in [0.05, 0.1) is 7.11 Å². The number of hydrogen-bond acceptors (Lipinski definition) is 3. The van der Waals surface area contributed by atoms with Crippen molar-refractivity contribution < 1.29 is 9.53 Å². The van der Waals surface area contributed by atoms with Gasteiger partial charge in [-0.3, -0.25) is 4.79 Å². The summed E-state index contributed by atoms with van der Waals surface area (Å²) in [5.74, 6) is -0.0235. The first-order chi connectivity index (χ1) is 11.1. The lowest BCUT2D eigenvalue weighted by Gasteiger charge is -2.10. The molecule has 1 amide bonds. The van der Waals surface area contributed by atoms with Crippen LogP contribution in [0.25, 0.3) is 10.9 Å². The van der Waals surface area contributed by atoms with Gasteiger partial charge in [-0.05, 0) is 30.5 Å². The summed E-state index contributed by atoms with van der Waals surface area (Å²) in [6.45, 7) is 0. The summed E-state index contributed by atoms with van der Waals surface area (Å²) >= 11 is 0. The first-order valence-electron chi connectivity index (χ1n) is 7.51. The van der Waals surface area contributed by atoms with E-state index in [0.717, 1.165) is 16.5 Å². The van der Waals surface area contributed by atoms with Gasteiger partial charge in [0.2, 0.25) is 5.91 Å². The van der Waals surface area contributed by atoms with E-state index in [1.807, 2.05) is 25.3 Å². The van der Waals surface area contributed by atoms with Crippen LogP contribution in [0, 0.1) is 5.92 Å². The number of amides is 1. The number of rotatable bonds is 7. The van der Waals surface area contributed by atoms with Gasteiger partial charge in [0.1, 0.15) is 5.76 Å². The maximum Gasteiger partial charge on any atom is 0.221 e. The van der Waals surface area contributed by atoms with E-state index in [4.69, 9.17) is 16.2 Å². The molecule has 0 aliphatic carbocycles. The molecule has 1 heterocycles. The summed E-state index contributed by atoms with van der Waals surface area (Å²) in [6, 6.07) is 8.14. The Hall–Kier alpha value is -2.69. The molecule has 0 spiro atoms. The smallest absolute Gasteiger partial charge is 0.221 e. The molecule has 0 radical (unpaired) electrons. The van der Waals surface area contributed by atoms with Gasteiger partial charge >= 0.3 is 0 Å². The predicted octanol–water partition coefficient (Wildman–Crippen LogP) is 2.22. The van der Waals surface area contributed by atoms with Gasteiger partial charge in [-0.25, -0.2) is 0 Å². The number of carbonyl (C=O) groups excluding carboxylic acids is 1. The van der Waals surface area contributed by atoms with Crippen LogP contribution in [0.3, 0.4) is 0 Å². The van der Waals surface area contributed by atoms with Crippen molar-refractivity contribution in [3.05, 3.63) is 60.1 Å². The maximum absolute atomic E-state index is 11.8. The van der Waals surface area contributed by atoms with Crippen molar-refractivity contribution in [1.82, 2.24) is 4.57 Å². The number of allylic oxidation sites excluding steroid dienone is 2. The highest BCUT2D eigenvalue weighted by Gasteiger charge is 2.17. The van der Waals surface area contributed by atoms with Crippen LogP contribution in [0.5, 0.6) is 0 Å². The quantitative estimate of drug-likeness (QED) is 0.607. The van der Waals surface area contributed by atoms with E-state index in [1.54, 1.807) is 13.2 Å². The zero-order valence-corrected chi connectivity index (χ0v) is 13.5. The molecular formula is C18H23N3O2. The van der Waals surface area contributed by atoms with Crippen molar-refractivity contribution in [2.75, 3.05) is 7.11 Å². The second kappa shape index (κ2) is 7.54. The van der Waals surface area contributed by atoms with E-state index in [2.05, 4.69) is 22.9 Å². The maximum atomic E-state index is 11.8. The van der Waals surface area contributed by atoms with E-state index < -0.39 is 0 Å². The highest BCUT2D eigenvalue weighted by molar-refractivity contribution is 5.85. The number of methoxy groups -OCH3 is 1. The second-order valence-corrected chi connectivity index (χ2v) is 5.50. The Morgan fingerprint density at radius 1 is 1.39 bits per heavy atom. The number of aromatic nitrogens is 1. The Morgan fingerprint density at radius 2 is 2.13 bits per heavy atom. The van der Waals surface area contributed by atoms with Gasteiger partial charge < -0.3 is 20.8 Å². The standard InChI is InChI=1S/C18H23N3O2/c1-21-12-14(16-8-3-4-9-17(16)21)10-13(18(20)22)6-5-7-15(11-19)23-2/h3-5,7-9,11-13H,6,10,19H2,1-2H3,(H2,20,22)/b7-5-,15-11+. The number of benzene rings is 1. The molecule has 1 aromatic heterocycles. The third kappa shape index (κ3) is 3.94. The van der Waals surface area contributed by atoms with Crippen LogP contribution in [-0.4, -0.2) is 17.6 Å². The van der Waals surface area contributed by atoms with E-state index in [1.165, 1.54) is 6.20 Å². The summed E-state index contributed by atoms with van der Waals surface area (Å²) in [4.78, 5) is 11.8. The number of primary amides is 1. The zero-order chi connectivity index (χ0) is 16.8. The van der Waals surface area contributed by atoms with Gasteiger partial charge in [-0.2, -0.15) is 0 Å². The number of para-hydroxylation sites is 1. The first-order valence-corrected chi connectivity index (χ1v) is 7.51. The first kappa shape index (κ1) is 16.7. The Morgan fingerprint density at radius 3 is 2.78 bits per heavy atom. The number of ether oxygens (including phenoxy) is 1. The molecular weight excluding hydrogens is 290 g/mol. The molecule has 0 aliphatic rings. The second-order valence-electron chi connectivity index (χ2n) is 5.50. The van der Waals surface area contributed by atoms with E-state index in [-0.39, 0.29) is 11.8 Å². The molecule has 1 atom stereocenters. The predicted molar refractivity (Wildman–Crippen MR) is 92.3 cm³/mol. The van der Waals surface area contributed by atoms with Gasteiger partial charge in [-0.1, -0.05) is 24.3 Å². The van der Waals surface area contributed by atoms with Crippen molar-refractivity contribution in [1.29, 1.82) is 0 Å². The molecule has 2 rings (SSSR count). The number of nitrogens with zero attached hydrogens (tertiary/aromatic N) is 1. The average molecular weight is 313 g/mol. The summed E-state index contributed by atoms with van der Waals surface area (Å²) in [5.41, 5.74) is 13.3. The summed E-state index contributed by atoms with van der Waals surface area (Å²) in [6.07, 6.45) is 8.20. The minimum absolute atomic E-state index is 0.270. The van der Waals surface area contributed by atoms with E-state index in [9.17, 15) is 4.79 Å². The Labute approximate surface area is 136 Å². The summed E-state index contributed by atoms with van der Waals surface area (Å²) in [5, 5.41) is 1.16. The molecule has 2 aromatic rings. The highest BCUT2D eigenvalue weighted by atomic mass is 16.5. The molecule has 5 heteroatoms. The zero-order valence-electron chi connectivity index (χ0n) is 13.5. The number of nitrogens with two attached hydrogens (primary N) is 2. The number of carbonyl (C=O) groups is 1. The molecule has 0 fully saturated rings. The monoisotopic (exact) mass is 313 g/mol. The third-order valence-electron chi connectivity index (χ3n) is 3.95. The molecule has 5 nitrogen and oxygen atoms in total. The van der Waals surface area contributed by atoms with Gasteiger partial charge in [0.25, 0.3) is 0 Å². The van der Waals surface area contributed by atoms with Crippen molar-refractivity contribution in [2.45, 2.75) is 12.8 Å². The molecule has 0 aliphatic heterocycles. The highest BCUT2D eigenvalue weighted by Crippen LogP contribution is 2.24. The fourth-order valence-electron chi connectivity index (χ4n) is 2.69. The SMILES string of the molecule is COC(/C=C\CC(Cc1cn(C)c2ccccc12)C(N)=O)=C/N. The number of hydrogen-bond donors (Lipinski definition) is 2. The average Bonchev–Trinajstić information content (AvgIpc) is 2.87. The summed E-state index contributed by atoms with van der Waals surface area (Å²) < 4.78 is 7.12. The van der Waals surface area contributed by atoms with Crippen LogP contribution in [0.15, 0.2) is 54.6 Å².